The molecule has 0 saturated carbocycles. The first kappa shape index (κ1) is 19.0. The van der Waals surface area contributed by atoms with Gasteiger partial charge in [-0.1, -0.05) is 30.3 Å². The quantitative estimate of drug-likeness (QED) is 0.692. The van der Waals surface area contributed by atoms with Gasteiger partial charge in [-0.05, 0) is 48.9 Å². The second-order valence-electron chi connectivity index (χ2n) is 6.54. The highest BCUT2D eigenvalue weighted by atomic mass is 32.2. The van der Waals surface area contributed by atoms with Crippen molar-refractivity contribution in [2.24, 2.45) is 0 Å². The molecule has 29 heavy (non-hydrogen) atoms. The van der Waals surface area contributed by atoms with E-state index < -0.39 is 0 Å². The predicted molar refractivity (Wildman–Crippen MR) is 111 cm³/mol. The van der Waals surface area contributed by atoms with Gasteiger partial charge < -0.3 is 4.74 Å². The Bertz CT molecular complexity index is 1020. The van der Waals surface area contributed by atoms with Gasteiger partial charge in [0.15, 0.2) is 0 Å². The number of nitrogens with zero attached hydrogens (tertiary/aromatic N) is 2. The van der Waals surface area contributed by atoms with Gasteiger partial charge in [-0.15, -0.1) is 11.8 Å². The first-order valence-corrected chi connectivity index (χ1v) is 10.2. The Labute approximate surface area is 172 Å². The number of carbonyl (C=O) groups is 2. The molecule has 1 N–H and O–H groups in total. The van der Waals surface area contributed by atoms with Gasteiger partial charge in [-0.2, -0.15) is 0 Å². The van der Waals surface area contributed by atoms with E-state index in [-0.39, 0.29) is 17.2 Å². The summed E-state index contributed by atoms with van der Waals surface area (Å²) in [6.07, 6.45) is 1.50. The Hall–Kier alpha value is -3.32. The number of carbonyl (C=O) groups excluding carboxylic acids is 2. The van der Waals surface area contributed by atoms with E-state index in [1.807, 2.05) is 61.5 Å². The number of hydrogen-bond acceptors (Lipinski definition) is 5. The largest absolute Gasteiger partial charge is 0.457 e. The predicted octanol–water partition coefficient (Wildman–Crippen LogP) is 4.10. The monoisotopic (exact) mass is 405 g/mol. The second kappa shape index (κ2) is 8.36. The van der Waals surface area contributed by atoms with E-state index >= 15 is 0 Å². The Morgan fingerprint density at radius 3 is 2.66 bits per heavy atom. The third-order valence-electron chi connectivity index (χ3n) is 4.39. The number of benzene rings is 2. The molecule has 6 nitrogen and oxygen atoms in total. The topological polar surface area (TPSA) is 71.5 Å². The number of hydrazine groups is 1. The summed E-state index contributed by atoms with van der Waals surface area (Å²) >= 11 is 1.46. The van der Waals surface area contributed by atoms with Crippen molar-refractivity contribution in [3.05, 3.63) is 89.7 Å². The third kappa shape index (κ3) is 4.41. The Balaban J connectivity index is 1.52. The van der Waals surface area contributed by atoms with Crippen LogP contribution >= 0.6 is 11.8 Å². The Kier molecular flexibility index (Phi) is 5.48. The molecule has 0 spiro atoms. The molecule has 1 unspecified atom stereocenters. The summed E-state index contributed by atoms with van der Waals surface area (Å²) in [4.78, 5) is 29.1. The maximum Gasteiger partial charge on any atom is 0.271 e. The standard InChI is InChI=1S/C22H19N3O3S/c1-15-10-11-17(13-23-15)21(27)24-25-20(26)14-29-22(25)16-6-5-9-19(12-16)28-18-7-3-2-4-8-18/h2-13,22H,14H2,1H3,(H,24,27). The fraction of sp³-hybridized carbons (Fsp3) is 0.136. The number of para-hydroxylation sites is 1. The van der Waals surface area contributed by atoms with Crippen LogP contribution in [-0.2, 0) is 4.79 Å². The molecule has 1 aromatic heterocycles. The third-order valence-corrected chi connectivity index (χ3v) is 5.60. The maximum atomic E-state index is 12.6. The molecule has 1 saturated heterocycles. The van der Waals surface area contributed by atoms with Crippen LogP contribution in [0.25, 0.3) is 0 Å². The van der Waals surface area contributed by atoms with Gasteiger partial charge in [0.05, 0.1) is 11.3 Å². The van der Waals surface area contributed by atoms with Gasteiger partial charge in [-0.25, -0.2) is 5.01 Å². The number of aryl methyl sites for hydroxylation is 1. The molecule has 0 radical (unpaired) electrons. The van der Waals surface area contributed by atoms with Crippen molar-refractivity contribution in [1.29, 1.82) is 0 Å². The zero-order chi connectivity index (χ0) is 20.2. The molecule has 2 aromatic carbocycles. The number of aromatic nitrogens is 1. The summed E-state index contributed by atoms with van der Waals surface area (Å²) in [5.41, 5.74) is 4.82. The summed E-state index contributed by atoms with van der Waals surface area (Å²) in [7, 11) is 0. The minimum absolute atomic E-state index is 0.150. The molecule has 1 atom stereocenters. The van der Waals surface area contributed by atoms with Gasteiger partial charge >= 0.3 is 0 Å². The van der Waals surface area contributed by atoms with Gasteiger partial charge in [0.2, 0.25) is 0 Å². The highest BCUT2D eigenvalue weighted by Gasteiger charge is 2.34. The normalized spacial score (nSPS) is 16.0. The van der Waals surface area contributed by atoms with Crippen molar-refractivity contribution < 1.29 is 14.3 Å². The number of nitrogens with one attached hydrogen (secondary N) is 1. The minimum Gasteiger partial charge on any atom is -0.457 e. The zero-order valence-electron chi connectivity index (χ0n) is 15.7. The van der Waals surface area contributed by atoms with E-state index in [1.165, 1.54) is 23.0 Å². The number of amides is 2. The second-order valence-corrected chi connectivity index (χ2v) is 7.61. The number of thioether (sulfide) groups is 1. The molecule has 4 rings (SSSR count). The molecule has 146 valence electrons. The van der Waals surface area contributed by atoms with Crippen LogP contribution in [0, 0.1) is 6.92 Å². The highest BCUT2D eigenvalue weighted by molar-refractivity contribution is 8.00. The Morgan fingerprint density at radius 1 is 1.10 bits per heavy atom. The summed E-state index contributed by atoms with van der Waals surface area (Å²) in [5.74, 6) is 1.18. The van der Waals surface area contributed by atoms with Crippen molar-refractivity contribution in [3.8, 4) is 11.5 Å². The lowest BCUT2D eigenvalue weighted by Crippen LogP contribution is -2.44. The number of hydrogen-bond donors (Lipinski definition) is 1. The first-order chi connectivity index (χ1) is 14.1. The van der Waals surface area contributed by atoms with Crippen LogP contribution in [0.2, 0.25) is 0 Å². The lowest BCUT2D eigenvalue weighted by molar-refractivity contribution is -0.130. The molecule has 7 heteroatoms. The van der Waals surface area contributed by atoms with E-state index in [9.17, 15) is 9.59 Å². The Morgan fingerprint density at radius 2 is 1.90 bits per heavy atom. The van der Waals surface area contributed by atoms with Crippen molar-refractivity contribution in [3.63, 3.8) is 0 Å². The van der Waals surface area contributed by atoms with E-state index in [1.54, 1.807) is 12.1 Å². The van der Waals surface area contributed by atoms with Crippen LogP contribution in [0.5, 0.6) is 11.5 Å². The molecule has 1 fully saturated rings. The van der Waals surface area contributed by atoms with Gasteiger partial charge in [0.1, 0.15) is 16.9 Å². The van der Waals surface area contributed by atoms with Crippen LogP contribution in [0.15, 0.2) is 72.9 Å². The number of ether oxygens (including phenoxy) is 1. The number of rotatable bonds is 5. The van der Waals surface area contributed by atoms with Crippen molar-refractivity contribution in [1.82, 2.24) is 15.4 Å². The SMILES string of the molecule is Cc1ccc(C(=O)NN2C(=O)CSC2c2cccc(Oc3ccccc3)c2)cn1. The smallest absolute Gasteiger partial charge is 0.271 e. The lowest BCUT2D eigenvalue weighted by atomic mass is 10.2. The summed E-state index contributed by atoms with van der Waals surface area (Å²) in [6, 6.07) is 20.5. The summed E-state index contributed by atoms with van der Waals surface area (Å²) in [5, 5.41) is 1.05. The molecular formula is C22H19N3O3S. The molecular weight excluding hydrogens is 386 g/mol. The highest BCUT2D eigenvalue weighted by Crippen LogP contribution is 2.38. The molecule has 0 bridgehead atoms. The van der Waals surface area contributed by atoms with Crippen molar-refractivity contribution in [2.75, 3.05) is 5.75 Å². The summed E-state index contributed by atoms with van der Waals surface area (Å²) in [6.45, 7) is 1.85. The van der Waals surface area contributed by atoms with Crippen LogP contribution in [-0.4, -0.2) is 27.6 Å². The molecule has 2 heterocycles. The fourth-order valence-corrected chi connectivity index (χ4v) is 4.02. The van der Waals surface area contributed by atoms with E-state index in [4.69, 9.17) is 4.74 Å². The lowest BCUT2D eigenvalue weighted by Gasteiger charge is -2.25. The minimum atomic E-state index is -0.366. The first-order valence-electron chi connectivity index (χ1n) is 9.10. The van der Waals surface area contributed by atoms with E-state index in [0.29, 0.717) is 17.1 Å². The average Bonchev–Trinajstić information content (AvgIpc) is 3.10. The van der Waals surface area contributed by atoms with E-state index in [0.717, 1.165) is 17.0 Å². The molecule has 2 amide bonds. The summed E-state index contributed by atoms with van der Waals surface area (Å²) < 4.78 is 5.89. The molecule has 3 aromatic rings. The number of pyridine rings is 1. The van der Waals surface area contributed by atoms with Crippen molar-refractivity contribution in [2.45, 2.75) is 12.3 Å². The molecule has 0 aliphatic carbocycles. The van der Waals surface area contributed by atoms with Crippen LogP contribution in [0.1, 0.15) is 27.0 Å². The van der Waals surface area contributed by atoms with Crippen LogP contribution in [0.3, 0.4) is 0 Å². The molecule has 1 aliphatic rings. The van der Waals surface area contributed by atoms with E-state index in [2.05, 4.69) is 10.4 Å². The zero-order valence-corrected chi connectivity index (χ0v) is 16.6. The van der Waals surface area contributed by atoms with Crippen molar-refractivity contribution >= 4 is 23.6 Å². The van der Waals surface area contributed by atoms with Gasteiger partial charge in [-0.3, -0.25) is 20.0 Å². The fourth-order valence-electron chi connectivity index (χ4n) is 2.92. The van der Waals surface area contributed by atoms with Crippen LogP contribution in [0.4, 0.5) is 0 Å². The van der Waals surface area contributed by atoms with Gasteiger partial charge in [0.25, 0.3) is 11.8 Å². The average molecular weight is 405 g/mol. The molecule has 1 aliphatic heterocycles. The maximum absolute atomic E-state index is 12.6. The van der Waals surface area contributed by atoms with Crippen LogP contribution < -0.4 is 10.2 Å². The van der Waals surface area contributed by atoms with Gasteiger partial charge in [0, 0.05) is 11.9 Å².